The number of carboxylic acid groups (broad SMARTS) is 1. The molecule has 3 aromatic rings. The molecule has 0 aliphatic heterocycles. The van der Waals surface area contributed by atoms with Crippen LogP contribution in [0.2, 0.25) is 5.15 Å². The average molecular weight is 483 g/mol. The fourth-order valence-electron chi connectivity index (χ4n) is 3.62. The van der Waals surface area contributed by atoms with E-state index in [1.54, 1.807) is 4.57 Å². The second-order valence-corrected chi connectivity index (χ2v) is 8.05. The first-order valence-electron chi connectivity index (χ1n) is 10.8. The zero-order valence-corrected chi connectivity index (χ0v) is 19.5. The molecule has 3 rings (SSSR count). The largest absolute Gasteiger partial charge is 0.480 e. The minimum Gasteiger partial charge on any atom is -0.480 e. The number of amides is 1. The molecule has 2 aromatic carbocycles. The van der Waals surface area contributed by atoms with Crippen LogP contribution >= 0.6 is 11.6 Å². The number of amidine groups is 1. The molecule has 1 heterocycles. The normalized spacial score (nSPS) is 11.4. The number of aliphatic carboxylic acids is 1. The number of carbonyl (C=O) groups excluding carboxylic acids is 1. The van der Waals surface area contributed by atoms with Crippen molar-refractivity contribution < 1.29 is 14.7 Å². The molecule has 34 heavy (non-hydrogen) atoms. The van der Waals surface area contributed by atoms with Gasteiger partial charge < -0.3 is 26.6 Å². The van der Waals surface area contributed by atoms with E-state index in [0.29, 0.717) is 18.8 Å². The zero-order chi connectivity index (χ0) is 24.7. The predicted molar refractivity (Wildman–Crippen MR) is 132 cm³/mol. The van der Waals surface area contributed by atoms with Crippen LogP contribution in [0.25, 0.3) is 11.1 Å². The summed E-state index contributed by atoms with van der Waals surface area (Å²) in [5, 5.41) is 14.9. The number of hydrogen-bond donors (Lipinski definition) is 4. The maximum Gasteiger partial charge on any atom is 0.322 e. The first-order valence-corrected chi connectivity index (χ1v) is 11.2. The number of hydrogen-bond acceptors (Lipinski definition) is 5. The molecule has 0 aliphatic carbocycles. The Kier molecular flexibility index (Phi) is 8.26. The first kappa shape index (κ1) is 24.8. The highest BCUT2D eigenvalue weighted by atomic mass is 35.5. The molecule has 0 aliphatic rings. The van der Waals surface area contributed by atoms with E-state index in [1.807, 2.05) is 48.5 Å². The molecule has 1 amide bonds. The number of nitrogens with zero attached hydrogens (tertiary/aromatic N) is 3. The number of halogens is 1. The van der Waals surface area contributed by atoms with E-state index < -0.39 is 18.4 Å². The van der Waals surface area contributed by atoms with Crippen LogP contribution in [-0.2, 0) is 17.8 Å². The fourth-order valence-corrected chi connectivity index (χ4v) is 3.90. The maximum atomic E-state index is 12.7. The molecule has 0 unspecified atom stereocenters. The molecular weight excluding hydrogens is 456 g/mol. The number of imidazole rings is 1. The maximum absolute atomic E-state index is 12.7. The van der Waals surface area contributed by atoms with Crippen molar-refractivity contribution in [3.05, 3.63) is 76.3 Å². The Labute approximate surface area is 202 Å². The van der Waals surface area contributed by atoms with Crippen LogP contribution < -0.4 is 16.9 Å². The third-order valence-electron chi connectivity index (χ3n) is 5.32. The summed E-state index contributed by atoms with van der Waals surface area (Å²) in [6.45, 7) is 1.91. The smallest absolute Gasteiger partial charge is 0.322 e. The van der Waals surface area contributed by atoms with Gasteiger partial charge in [-0.05, 0) is 23.1 Å². The Morgan fingerprint density at radius 3 is 2.53 bits per heavy atom. The lowest BCUT2D eigenvalue weighted by Gasteiger charge is -2.13. The topological polar surface area (TPSA) is 149 Å². The van der Waals surface area contributed by atoms with E-state index in [9.17, 15) is 9.59 Å². The van der Waals surface area contributed by atoms with Crippen LogP contribution in [0.1, 0.15) is 47.2 Å². The summed E-state index contributed by atoms with van der Waals surface area (Å²) in [6, 6.07) is 15.3. The van der Waals surface area contributed by atoms with Crippen LogP contribution in [-0.4, -0.2) is 38.9 Å². The third-order valence-corrected chi connectivity index (χ3v) is 5.58. The van der Waals surface area contributed by atoms with Crippen molar-refractivity contribution in [2.45, 2.75) is 32.7 Å². The van der Waals surface area contributed by atoms with E-state index in [0.717, 1.165) is 35.1 Å². The quantitative estimate of drug-likeness (QED) is 0.151. The van der Waals surface area contributed by atoms with Gasteiger partial charge in [-0.15, -0.1) is 0 Å². The lowest BCUT2D eigenvalue weighted by Crippen LogP contribution is -2.31. The monoisotopic (exact) mass is 482 g/mol. The van der Waals surface area contributed by atoms with Crippen molar-refractivity contribution in [3.63, 3.8) is 0 Å². The summed E-state index contributed by atoms with van der Waals surface area (Å²) in [5.74, 6) is 4.56. The Morgan fingerprint density at radius 2 is 1.88 bits per heavy atom. The number of aryl methyl sites for hydroxylation is 1. The average Bonchev–Trinajstić information content (AvgIpc) is 3.15. The number of benzene rings is 2. The summed E-state index contributed by atoms with van der Waals surface area (Å²) in [6.07, 6.45) is 2.48. The van der Waals surface area contributed by atoms with Gasteiger partial charge in [0, 0.05) is 18.5 Å². The van der Waals surface area contributed by atoms with Crippen molar-refractivity contribution in [2.75, 3.05) is 6.54 Å². The molecular formula is C24H27ClN6O3. The second-order valence-electron chi connectivity index (χ2n) is 7.69. The number of unbranched alkanes of at least 4 members (excludes halogenated alkanes) is 1. The molecule has 0 atom stereocenters. The Morgan fingerprint density at radius 1 is 1.18 bits per heavy atom. The molecule has 1 aromatic heterocycles. The summed E-state index contributed by atoms with van der Waals surface area (Å²) in [4.78, 5) is 27.9. The SMILES string of the molecule is CCCCc1nc(Cl)c(C(=O)NCC(=O)O)n1Cc1ccc(-c2ccccc2/C(N)=N/N)cc1. The van der Waals surface area contributed by atoms with Gasteiger partial charge in [0.2, 0.25) is 0 Å². The number of hydrazone groups is 1. The van der Waals surface area contributed by atoms with Gasteiger partial charge in [0.1, 0.15) is 18.1 Å². The van der Waals surface area contributed by atoms with Crippen molar-refractivity contribution in [2.24, 2.45) is 16.7 Å². The van der Waals surface area contributed by atoms with E-state index in [-0.39, 0.29) is 16.7 Å². The van der Waals surface area contributed by atoms with Gasteiger partial charge in [0.05, 0.1) is 0 Å². The molecule has 9 nitrogen and oxygen atoms in total. The van der Waals surface area contributed by atoms with Gasteiger partial charge >= 0.3 is 5.97 Å². The number of carbonyl (C=O) groups is 2. The number of nitrogens with two attached hydrogens (primary N) is 2. The van der Waals surface area contributed by atoms with Gasteiger partial charge in [0.25, 0.3) is 5.91 Å². The summed E-state index contributed by atoms with van der Waals surface area (Å²) in [7, 11) is 0. The van der Waals surface area contributed by atoms with Gasteiger partial charge in [-0.3, -0.25) is 9.59 Å². The third kappa shape index (κ3) is 5.74. The fraction of sp³-hybridized carbons (Fsp3) is 0.250. The zero-order valence-electron chi connectivity index (χ0n) is 18.8. The standard InChI is InChI=1S/C24H27ClN6O3/c1-2-3-8-19-29-22(25)21(24(34)28-13-20(32)33)31(19)14-15-9-11-16(12-10-15)17-6-4-5-7-18(17)23(26)30-27/h4-7,9-12H,2-3,8,13-14,27H2,1H3,(H2,26,30)(H,28,34)(H,32,33). The number of nitrogens with one attached hydrogen (secondary N) is 1. The molecule has 178 valence electrons. The van der Waals surface area contributed by atoms with Crippen LogP contribution in [0.5, 0.6) is 0 Å². The lowest BCUT2D eigenvalue weighted by atomic mass is 9.98. The minimum atomic E-state index is -1.14. The van der Waals surface area contributed by atoms with Crippen LogP contribution in [0.15, 0.2) is 53.6 Å². The molecule has 0 fully saturated rings. The Hall–Kier alpha value is -3.85. The highest BCUT2D eigenvalue weighted by molar-refractivity contribution is 6.32. The van der Waals surface area contributed by atoms with Crippen LogP contribution in [0.4, 0.5) is 0 Å². The molecule has 10 heteroatoms. The second kappa shape index (κ2) is 11.3. The van der Waals surface area contributed by atoms with Crippen molar-refractivity contribution in [3.8, 4) is 11.1 Å². The van der Waals surface area contributed by atoms with E-state index in [4.69, 9.17) is 28.3 Å². The lowest BCUT2D eigenvalue weighted by molar-refractivity contribution is -0.135. The summed E-state index contributed by atoms with van der Waals surface area (Å²) in [5.41, 5.74) is 9.56. The molecule has 6 N–H and O–H groups in total. The van der Waals surface area contributed by atoms with Gasteiger partial charge in [-0.25, -0.2) is 4.98 Å². The molecule has 0 saturated heterocycles. The van der Waals surface area contributed by atoms with Crippen LogP contribution in [0, 0.1) is 0 Å². The molecule has 0 bridgehead atoms. The van der Waals surface area contributed by atoms with Gasteiger partial charge in [-0.1, -0.05) is 73.5 Å². The van der Waals surface area contributed by atoms with Crippen molar-refractivity contribution >= 4 is 29.3 Å². The summed E-state index contributed by atoms with van der Waals surface area (Å²) < 4.78 is 1.75. The molecule has 0 spiro atoms. The highest BCUT2D eigenvalue weighted by Crippen LogP contribution is 2.25. The summed E-state index contributed by atoms with van der Waals surface area (Å²) >= 11 is 6.30. The van der Waals surface area contributed by atoms with Gasteiger partial charge in [-0.2, -0.15) is 5.10 Å². The van der Waals surface area contributed by atoms with Gasteiger partial charge in [0.15, 0.2) is 11.0 Å². The van der Waals surface area contributed by atoms with E-state index >= 15 is 0 Å². The minimum absolute atomic E-state index is 0.0519. The van der Waals surface area contributed by atoms with E-state index in [1.165, 1.54) is 0 Å². The molecule has 0 saturated carbocycles. The highest BCUT2D eigenvalue weighted by Gasteiger charge is 2.22. The Balaban J connectivity index is 1.93. The Bertz CT molecular complexity index is 1200. The van der Waals surface area contributed by atoms with Crippen LogP contribution in [0.3, 0.4) is 0 Å². The predicted octanol–water partition coefficient (Wildman–Crippen LogP) is 2.99. The molecule has 0 radical (unpaired) electrons. The first-order chi connectivity index (χ1) is 16.3. The van der Waals surface area contributed by atoms with Crippen molar-refractivity contribution in [1.29, 1.82) is 0 Å². The van der Waals surface area contributed by atoms with E-state index in [2.05, 4.69) is 22.3 Å². The van der Waals surface area contributed by atoms with Crippen molar-refractivity contribution in [1.82, 2.24) is 14.9 Å². The number of aromatic nitrogens is 2. The number of carboxylic acids is 1. The number of rotatable bonds is 10.